The van der Waals surface area contributed by atoms with Gasteiger partial charge in [0, 0.05) is 22.2 Å². The Kier molecular flexibility index (Phi) is 28.3. The zero-order valence-electron chi connectivity index (χ0n) is 16.5. The molecule has 168 valence electrons. The summed E-state index contributed by atoms with van der Waals surface area (Å²) in [5.74, 6) is 0. The van der Waals surface area contributed by atoms with E-state index >= 15 is 0 Å². The van der Waals surface area contributed by atoms with E-state index in [4.69, 9.17) is 52.1 Å². The Morgan fingerprint density at radius 2 is 0.538 bits per heavy atom. The molecule has 0 bridgehead atoms. The van der Waals surface area contributed by atoms with Crippen molar-refractivity contribution in [3.8, 4) is 0 Å². The second-order valence-electron chi connectivity index (χ2n) is 7.26. The Labute approximate surface area is 168 Å². The second-order valence-corrected chi connectivity index (χ2v) is 8.02. The van der Waals surface area contributed by atoms with Crippen LogP contribution in [-0.4, -0.2) is 33.1 Å². The van der Waals surface area contributed by atoms with Crippen molar-refractivity contribution in [2.24, 2.45) is 22.9 Å². The molecule has 0 aliphatic rings. The minimum Gasteiger partial charge on any atom is -1.00 e. The summed E-state index contributed by atoms with van der Waals surface area (Å²) in [5, 5.41) is 14.0. The van der Waals surface area contributed by atoms with E-state index in [1.54, 1.807) is 0 Å². The predicted octanol–water partition coefficient (Wildman–Crippen LogP) is -7.86. The van der Waals surface area contributed by atoms with Crippen molar-refractivity contribution in [2.45, 2.75) is 77.5 Å². The summed E-state index contributed by atoms with van der Waals surface area (Å²) in [6.07, 6.45) is 0. The van der Waals surface area contributed by atoms with E-state index in [1.807, 2.05) is 55.4 Å². The number of rotatable bonds is 2. The first-order valence-electron chi connectivity index (χ1n) is 6.44. The fraction of sp³-hybridized carbons (Fsp3) is 1.00. The normalized spacial score (nSPS) is 11.3. The largest absolute Gasteiger partial charge is 3.00 e. The number of hydrogen-bond acceptors (Lipinski definition) is 10. The molecule has 0 amide bonds. The first-order valence-corrected chi connectivity index (χ1v) is 7.67. The van der Waals surface area contributed by atoms with Crippen LogP contribution in [0.2, 0.25) is 0 Å². The molecule has 12 N–H and O–H groups in total. The van der Waals surface area contributed by atoms with Gasteiger partial charge in [-0.25, -0.2) is 18.6 Å². The summed E-state index contributed by atoms with van der Waals surface area (Å²) >= 11 is 0. The van der Waals surface area contributed by atoms with Gasteiger partial charge < -0.3 is 44.4 Å². The summed E-state index contributed by atoms with van der Waals surface area (Å²) in [7, 11) is -4.94. The van der Waals surface area contributed by atoms with Gasteiger partial charge in [-0.05, 0) is 55.4 Å². The van der Waals surface area contributed by atoms with Gasteiger partial charge in [-0.15, -0.1) is 10.2 Å². The molecule has 0 spiro atoms. The zero-order valence-corrected chi connectivity index (χ0v) is 18.3. The maximum absolute atomic E-state index is 8.49. The van der Waals surface area contributed by atoms with Gasteiger partial charge in [-0.2, -0.15) is 0 Å². The van der Waals surface area contributed by atoms with Crippen molar-refractivity contribution >= 4 is 0 Å². The summed E-state index contributed by atoms with van der Waals surface area (Å²) < 4.78 is 34.0. The molecule has 0 rings (SSSR count). The van der Waals surface area contributed by atoms with Crippen LogP contribution in [0, 0.1) is 10.2 Å². The molecule has 0 fully saturated rings. The van der Waals surface area contributed by atoms with Gasteiger partial charge in [0.1, 0.15) is 0 Å². The van der Waals surface area contributed by atoms with Crippen LogP contribution >= 0.6 is 0 Å². The third-order valence-corrected chi connectivity index (χ3v) is 3.32. The summed E-state index contributed by atoms with van der Waals surface area (Å²) in [4.78, 5) is 0. The standard InChI is InChI=1S/2C6H16N2.ClHO4.Co.O2.2H2O/c2*1-5(2,7)6(3,4)8;2-1(3,4)5;;1-2;;/h2*7-8H2,1-4H3;(H,2,3,4,5);;;2*1H2/q;;;+3;-2;;/p-1. The maximum Gasteiger partial charge on any atom is 3.00 e. The average Bonchev–Trinajstić information content (AvgIpc) is 2.12. The van der Waals surface area contributed by atoms with E-state index < -0.39 is 10.2 Å². The molecule has 0 unspecified atom stereocenters. The van der Waals surface area contributed by atoms with E-state index in [1.165, 1.54) is 0 Å². The smallest absolute Gasteiger partial charge is 1.00 e. The Hall–Kier alpha value is 0.316. The molecular weight excluding hydrogens is 423 g/mol. The Bertz CT molecular complexity index is 240. The van der Waals surface area contributed by atoms with Crippen molar-refractivity contribution < 1.29 is 67.1 Å². The predicted molar refractivity (Wildman–Crippen MR) is 80.3 cm³/mol. The molecule has 26 heavy (non-hydrogen) atoms. The summed E-state index contributed by atoms with van der Waals surface area (Å²) in [6.45, 7) is 15.4. The number of halogens is 1. The molecule has 12 nitrogen and oxygen atoms in total. The van der Waals surface area contributed by atoms with Crippen LogP contribution < -0.4 is 52.1 Å². The van der Waals surface area contributed by atoms with Gasteiger partial charge in [0.15, 0.2) is 0 Å². The first-order chi connectivity index (χ1) is 9.50. The van der Waals surface area contributed by atoms with E-state index in [-0.39, 0.29) is 49.9 Å². The molecular formula is C12H36ClCoN4O8. The van der Waals surface area contributed by atoms with Gasteiger partial charge in [0.2, 0.25) is 0 Å². The molecule has 0 aliphatic carbocycles. The minimum absolute atomic E-state index is 0. The fourth-order valence-corrected chi connectivity index (χ4v) is 0. The fourth-order valence-electron chi connectivity index (χ4n) is 0. The number of nitrogens with two attached hydrogens (primary N) is 4. The summed E-state index contributed by atoms with van der Waals surface area (Å²) in [5.41, 5.74) is 21.6. The Balaban J connectivity index is -0.0000000384. The molecule has 0 saturated heterocycles. The van der Waals surface area contributed by atoms with Gasteiger partial charge in [-0.3, -0.25) is 0 Å². The van der Waals surface area contributed by atoms with Crippen LogP contribution in [0.15, 0.2) is 0 Å². The monoisotopic (exact) mass is 458 g/mol. The van der Waals surface area contributed by atoms with Crippen LogP contribution in [-0.2, 0) is 16.8 Å². The van der Waals surface area contributed by atoms with Crippen molar-refractivity contribution in [2.75, 3.05) is 0 Å². The molecule has 0 heterocycles. The zero-order chi connectivity index (χ0) is 20.5. The van der Waals surface area contributed by atoms with Crippen molar-refractivity contribution in [1.82, 2.24) is 0 Å². The van der Waals surface area contributed by atoms with E-state index in [0.717, 1.165) is 0 Å². The third kappa shape index (κ3) is 39.4. The van der Waals surface area contributed by atoms with Crippen LogP contribution in [0.5, 0.6) is 0 Å². The third-order valence-electron chi connectivity index (χ3n) is 3.32. The molecule has 0 atom stereocenters. The molecule has 0 radical (unpaired) electrons. The van der Waals surface area contributed by atoms with Gasteiger partial charge in [0.05, 0.1) is 0 Å². The van der Waals surface area contributed by atoms with Crippen molar-refractivity contribution in [1.29, 1.82) is 0 Å². The van der Waals surface area contributed by atoms with Crippen LogP contribution in [0.4, 0.5) is 0 Å². The summed E-state index contributed by atoms with van der Waals surface area (Å²) in [6, 6.07) is 0. The van der Waals surface area contributed by atoms with E-state index in [2.05, 4.69) is 0 Å². The van der Waals surface area contributed by atoms with E-state index in [0.29, 0.717) is 0 Å². The first kappa shape index (κ1) is 45.2. The molecule has 0 aliphatic heterocycles. The average molecular weight is 459 g/mol. The Morgan fingerprint density at radius 1 is 0.500 bits per heavy atom. The van der Waals surface area contributed by atoms with Crippen LogP contribution in [0.3, 0.4) is 0 Å². The van der Waals surface area contributed by atoms with Crippen LogP contribution in [0.1, 0.15) is 55.4 Å². The van der Waals surface area contributed by atoms with Crippen molar-refractivity contribution in [3.63, 3.8) is 0 Å². The van der Waals surface area contributed by atoms with Gasteiger partial charge >= 0.3 is 16.8 Å². The van der Waals surface area contributed by atoms with Gasteiger partial charge in [0.25, 0.3) is 0 Å². The molecule has 0 aromatic carbocycles. The second kappa shape index (κ2) is 16.3. The SMILES string of the molecule is CC(C)(N)C(C)(C)N.CC(C)(N)C(C)(C)N.O.O.[Co+3].[O-][Cl+3]([O-])([O-])[O-].[O-][O-]. The van der Waals surface area contributed by atoms with Crippen LogP contribution in [0.25, 0.3) is 0 Å². The molecule has 0 aromatic rings. The molecule has 0 aromatic heterocycles. The molecule has 14 heteroatoms. The topological polar surface area (TPSA) is 305 Å². The maximum atomic E-state index is 8.49. The quantitative estimate of drug-likeness (QED) is 0.223. The van der Waals surface area contributed by atoms with E-state index in [9.17, 15) is 0 Å². The van der Waals surface area contributed by atoms with Gasteiger partial charge in [-0.1, -0.05) is 0 Å². The number of hydrogen-bond donors (Lipinski definition) is 4. The Morgan fingerprint density at radius 3 is 0.538 bits per heavy atom. The minimum atomic E-state index is -4.94. The van der Waals surface area contributed by atoms with Crippen molar-refractivity contribution in [3.05, 3.63) is 0 Å². The molecule has 0 saturated carbocycles.